The summed E-state index contributed by atoms with van der Waals surface area (Å²) in [6.45, 7) is 2.54. The Morgan fingerprint density at radius 1 is 1.53 bits per heavy atom. The molecule has 17 heavy (non-hydrogen) atoms. The Morgan fingerprint density at radius 3 is 2.88 bits per heavy atom. The third-order valence-electron chi connectivity index (χ3n) is 2.97. The van der Waals surface area contributed by atoms with Crippen LogP contribution in [-0.4, -0.2) is 30.4 Å². The maximum Gasteiger partial charge on any atom is 0.152 e. The van der Waals surface area contributed by atoms with E-state index in [1.54, 1.807) is 0 Å². The van der Waals surface area contributed by atoms with E-state index in [0.717, 1.165) is 10.3 Å². The van der Waals surface area contributed by atoms with Crippen LogP contribution in [0.25, 0.3) is 0 Å². The molecule has 0 aliphatic carbocycles. The smallest absolute Gasteiger partial charge is 0.152 e. The van der Waals surface area contributed by atoms with Gasteiger partial charge in [0.1, 0.15) is 4.60 Å². The quantitative estimate of drug-likeness (QED) is 0.858. The Hall–Kier alpha value is -0.460. The highest BCUT2D eigenvalue weighted by molar-refractivity contribution is 9.10. The molecule has 1 saturated heterocycles. The predicted molar refractivity (Wildman–Crippen MR) is 70.5 cm³/mol. The highest BCUT2D eigenvalue weighted by Crippen LogP contribution is 2.23. The van der Waals surface area contributed by atoms with Crippen molar-refractivity contribution in [3.05, 3.63) is 28.5 Å². The van der Waals surface area contributed by atoms with E-state index in [4.69, 9.17) is 0 Å². The molecule has 1 aliphatic rings. The first-order chi connectivity index (χ1) is 7.89. The van der Waals surface area contributed by atoms with Crippen LogP contribution in [0.1, 0.15) is 19.0 Å². The third kappa shape index (κ3) is 3.50. The topological polar surface area (TPSA) is 59.1 Å². The number of rotatable bonds is 3. The lowest BCUT2D eigenvalue weighted by Gasteiger charge is -2.23. The van der Waals surface area contributed by atoms with E-state index < -0.39 is 9.84 Å². The van der Waals surface area contributed by atoms with Gasteiger partial charge in [0.05, 0.1) is 17.2 Å². The van der Waals surface area contributed by atoms with Gasteiger partial charge in [0, 0.05) is 12.1 Å². The van der Waals surface area contributed by atoms with E-state index in [1.807, 2.05) is 25.1 Å². The second kappa shape index (κ2) is 4.66. The van der Waals surface area contributed by atoms with Crippen LogP contribution >= 0.6 is 15.9 Å². The Kier molecular flexibility index (Phi) is 3.56. The number of aromatic nitrogens is 1. The fourth-order valence-electron chi connectivity index (χ4n) is 2.00. The summed E-state index contributed by atoms with van der Waals surface area (Å²) in [5.41, 5.74) is 0.591. The number of hydrogen-bond acceptors (Lipinski definition) is 4. The number of nitrogens with one attached hydrogen (secondary N) is 1. The van der Waals surface area contributed by atoms with Gasteiger partial charge in [-0.15, -0.1) is 0 Å². The molecule has 2 heterocycles. The van der Waals surface area contributed by atoms with Gasteiger partial charge in [-0.05, 0) is 41.4 Å². The van der Waals surface area contributed by atoms with Crippen LogP contribution in [-0.2, 0) is 16.4 Å². The molecular weight excluding hydrogens is 304 g/mol. The molecule has 1 aromatic heterocycles. The molecule has 94 valence electrons. The lowest BCUT2D eigenvalue weighted by molar-refractivity contribution is 0.393. The molecule has 1 atom stereocenters. The lowest BCUT2D eigenvalue weighted by atomic mass is 10.0. The number of halogens is 1. The fourth-order valence-corrected chi connectivity index (χ4v) is 4.51. The summed E-state index contributed by atoms with van der Waals surface area (Å²) >= 11 is 3.31. The maximum atomic E-state index is 11.4. The van der Waals surface area contributed by atoms with E-state index in [2.05, 4.69) is 26.2 Å². The summed E-state index contributed by atoms with van der Waals surface area (Å²) in [6.07, 6.45) is 0.670. The van der Waals surface area contributed by atoms with Crippen LogP contribution in [0.4, 0.5) is 0 Å². The van der Waals surface area contributed by atoms with Crippen LogP contribution in [0.3, 0.4) is 0 Å². The average molecular weight is 319 g/mol. The van der Waals surface area contributed by atoms with Crippen molar-refractivity contribution in [1.82, 2.24) is 10.3 Å². The molecule has 1 unspecified atom stereocenters. The molecule has 0 spiro atoms. The van der Waals surface area contributed by atoms with E-state index in [1.165, 1.54) is 0 Å². The second-order valence-electron chi connectivity index (χ2n) is 4.71. The molecule has 0 amide bonds. The van der Waals surface area contributed by atoms with Crippen LogP contribution in [0.2, 0.25) is 0 Å². The van der Waals surface area contributed by atoms with Crippen molar-refractivity contribution in [3.63, 3.8) is 0 Å². The first kappa shape index (κ1) is 13.0. The molecule has 1 fully saturated rings. The molecule has 2 rings (SSSR count). The molecule has 0 bridgehead atoms. The minimum atomic E-state index is -2.86. The predicted octanol–water partition coefficient (Wildman–Crippen LogP) is 1.51. The van der Waals surface area contributed by atoms with E-state index >= 15 is 0 Å². The van der Waals surface area contributed by atoms with Gasteiger partial charge in [-0.25, -0.2) is 13.4 Å². The van der Waals surface area contributed by atoms with E-state index in [9.17, 15) is 8.42 Å². The summed E-state index contributed by atoms with van der Waals surface area (Å²) in [5.74, 6) is 0.496. The number of pyridine rings is 1. The van der Waals surface area contributed by atoms with Crippen molar-refractivity contribution in [2.24, 2.45) is 0 Å². The van der Waals surface area contributed by atoms with Crippen molar-refractivity contribution < 1.29 is 8.42 Å². The third-order valence-corrected chi connectivity index (χ3v) is 5.32. The van der Waals surface area contributed by atoms with Crippen LogP contribution < -0.4 is 5.32 Å². The minimum Gasteiger partial charge on any atom is -0.305 e. The molecule has 0 saturated carbocycles. The van der Waals surface area contributed by atoms with E-state index in [-0.39, 0.29) is 17.0 Å². The van der Waals surface area contributed by atoms with Crippen molar-refractivity contribution in [3.8, 4) is 0 Å². The Morgan fingerprint density at radius 2 is 2.29 bits per heavy atom. The largest absolute Gasteiger partial charge is 0.305 e. The van der Waals surface area contributed by atoms with Crippen LogP contribution in [0, 0.1) is 0 Å². The zero-order valence-electron chi connectivity index (χ0n) is 9.61. The van der Waals surface area contributed by atoms with Gasteiger partial charge < -0.3 is 5.32 Å². The summed E-state index contributed by atoms with van der Waals surface area (Å²) in [6, 6.07) is 5.71. The standard InChI is InChI=1S/C11H15BrN2O2S/c1-11(5-6-17(15,16)8-11)13-7-9-3-2-4-10(12)14-9/h2-4,13H,5-8H2,1H3. The molecule has 1 aromatic rings. The van der Waals surface area contributed by atoms with Gasteiger partial charge >= 0.3 is 0 Å². The number of sulfone groups is 1. The normalized spacial score (nSPS) is 27.2. The Bertz CT molecular complexity index is 518. The fraction of sp³-hybridized carbons (Fsp3) is 0.545. The minimum absolute atomic E-state index is 0.216. The first-order valence-electron chi connectivity index (χ1n) is 5.46. The summed E-state index contributed by atoms with van der Waals surface area (Å²) in [7, 11) is -2.86. The molecule has 0 radical (unpaired) electrons. The highest BCUT2D eigenvalue weighted by atomic mass is 79.9. The van der Waals surface area contributed by atoms with Crippen molar-refractivity contribution >= 4 is 25.8 Å². The highest BCUT2D eigenvalue weighted by Gasteiger charge is 2.37. The SMILES string of the molecule is CC1(NCc2cccc(Br)n2)CCS(=O)(=O)C1. The second-order valence-corrected chi connectivity index (χ2v) is 7.70. The summed E-state index contributed by atoms with van der Waals surface area (Å²) < 4.78 is 23.7. The van der Waals surface area contributed by atoms with Crippen molar-refractivity contribution in [2.45, 2.75) is 25.4 Å². The average Bonchev–Trinajstić information content (AvgIpc) is 2.51. The molecule has 1 N–H and O–H groups in total. The van der Waals surface area contributed by atoms with Crippen LogP contribution in [0.5, 0.6) is 0 Å². The molecular formula is C11H15BrN2O2S. The van der Waals surface area contributed by atoms with Gasteiger partial charge in [0.15, 0.2) is 9.84 Å². The van der Waals surface area contributed by atoms with Gasteiger partial charge in [0.25, 0.3) is 0 Å². The Balaban J connectivity index is 1.99. The van der Waals surface area contributed by atoms with Gasteiger partial charge in [-0.1, -0.05) is 6.07 Å². The number of nitrogens with zero attached hydrogens (tertiary/aromatic N) is 1. The van der Waals surface area contributed by atoms with Gasteiger partial charge in [0.2, 0.25) is 0 Å². The summed E-state index contributed by atoms with van der Waals surface area (Å²) in [5, 5.41) is 3.29. The Labute approximate surface area is 110 Å². The van der Waals surface area contributed by atoms with Crippen molar-refractivity contribution in [2.75, 3.05) is 11.5 Å². The van der Waals surface area contributed by atoms with Crippen molar-refractivity contribution in [1.29, 1.82) is 0 Å². The summed E-state index contributed by atoms with van der Waals surface area (Å²) in [4.78, 5) is 4.31. The van der Waals surface area contributed by atoms with Gasteiger partial charge in [-0.3, -0.25) is 0 Å². The number of hydrogen-bond donors (Lipinski definition) is 1. The zero-order valence-corrected chi connectivity index (χ0v) is 12.0. The van der Waals surface area contributed by atoms with E-state index in [0.29, 0.717) is 13.0 Å². The monoisotopic (exact) mass is 318 g/mol. The van der Waals surface area contributed by atoms with Crippen LogP contribution in [0.15, 0.2) is 22.8 Å². The molecule has 6 heteroatoms. The lowest BCUT2D eigenvalue weighted by Crippen LogP contribution is -2.43. The molecule has 1 aliphatic heterocycles. The maximum absolute atomic E-state index is 11.4. The molecule has 0 aromatic carbocycles. The van der Waals surface area contributed by atoms with Gasteiger partial charge in [-0.2, -0.15) is 0 Å². The zero-order chi connectivity index (χ0) is 12.5. The first-order valence-corrected chi connectivity index (χ1v) is 8.07. The molecule has 4 nitrogen and oxygen atoms in total.